The van der Waals surface area contributed by atoms with Gasteiger partial charge in [-0.15, -0.1) is 0 Å². The normalized spacial score (nSPS) is 13.8. The van der Waals surface area contributed by atoms with Crippen molar-refractivity contribution in [2.24, 2.45) is 5.84 Å². The van der Waals surface area contributed by atoms with Crippen LogP contribution in [0.1, 0.15) is 38.5 Å². The van der Waals surface area contributed by atoms with Crippen LogP contribution in [0.4, 0.5) is 0 Å². The summed E-state index contributed by atoms with van der Waals surface area (Å²) in [4.78, 5) is 0. The number of nitrogens with one attached hydrogen (secondary N) is 1. The van der Waals surface area contributed by atoms with E-state index in [9.17, 15) is 0 Å². The molecule has 1 rings (SSSR count). The molecule has 1 aromatic rings. The summed E-state index contributed by atoms with van der Waals surface area (Å²) in [6, 6.07) is 2.51. The van der Waals surface area contributed by atoms with Crippen molar-refractivity contribution in [3.8, 4) is 0 Å². The minimum Gasteiger partial charge on any atom is -0.271 e. The van der Waals surface area contributed by atoms with Crippen molar-refractivity contribution in [2.45, 2.75) is 32.9 Å². The molecule has 0 aliphatic heterocycles. The van der Waals surface area contributed by atoms with Gasteiger partial charge in [0, 0.05) is 12.2 Å². The molecule has 1 heterocycles. The van der Waals surface area contributed by atoms with Gasteiger partial charge in [0.1, 0.15) is 0 Å². The number of hydrogen-bond donors (Lipinski definition) is 2. The van der Waals surface area contributed by atoms with Crippen molar-refractivity contribution < 1.29 is 0 Å². The quantitative estimate of drug-likeness (QED) is 0.522. The predicted octanol–water partition coefficient (Wildman–Crippen LogP) is 0.988. The highest BCUT2D eigenvalue weighted by molar-refractivity contribution is 5.06. The molecule has 3 N–H and O–H groups in total. The standard InChI is InChI=1S/C8H16N4/c1-6(2)12-8(4-5-10-12)7(3)11-9/h4-7,11H,9H2,1-3H3. The average Bonchev–Trinajstić information content (AvgIpc) is 2.50. The van der Waals surface area contributed by atoms with Crippen LogP contribution in [-0.2, 0) is 0 Å². The van der Waals surface area contributed by atoms with E-state index in [0.717, 1.165) is 5.69 Å². The number of hydrogen-bond acceptors (Lipinski definition) is 3. The molecule has 0 aromatic carbocycles. The van der Waals surface area contributed by atoms with Gasteiger partial charge in [-0.25, -0.2) is 0 Å². The highest BCUT2D eigenvalue weighted by Crippen LogP contribution is 2.14. The van der Waals surface area contributed by atoms with Crippen LogP contribution in [0.3, 0.4) is 0 Å². The summed E-state index contributed by atoms with van der Waals surface area (Å²) in [6.07, 6.45) is 1.79. The molecule has 0 saturated heterocycles. The van der Waals surface area contributed by atoms with Gasteiger partial charge in [0.15, 0.2) is 0 Å². The van der Waals surface area contributed by atoms with Gasteiger partial charge in [0.05, 0.1) is 11.7 Å². The molecule has 0 saturated carbocycles. The Balaban J connectivity index is 2.91. The molecule has 1 aromatic heterocycles. The van der Waals surface area contributed by atoms with Crippen LogP contribution in [0.15, 0.2) is 12.3 Å². The number of hydrazine groups is 1. The van der Waals surface area contributed by atoms with E-state index in [1.165, 1.54) is 0 Å². The minimum atomic E-state index is 0.148. The maximum Gasteiger partial charge on any atom is 0.0601 e. The van der Waals surface area contributed by atoms with Gasteiger partial charge in [-0.1, -0.05) is 0 Å². The highest BCUT2D eigenvalue weighted by atomic mass is 15.3. The zero-order chi connectivity index (χ0) is 9.14. The number of nitrogens with two attached hydrogens (primary N) is 1. The fourth-order valence-corrected chi connectivity index (χ4v) is 1.18. The van der Waals surface area contributed by atoms with Crippen LogP contribution in [-0.4, -0.2) is 9.78 Å². The van der Waals surface area contributed by atoms with Gasteiger partial charge in [-0.2, -0.15) is 5.10 Å². The summed E-state index contributed by atoms with van der Waals surface area (Å²) in [5.74, 6) is 5.34. The second-order valence-electron chi connectivity index (χ2n) is 3.18. The van der Waals surface area contributed by atoms with Crippen molar-refractivity contribution in [3.63, 3.8) is 0 Å². The molecule has 0 aliphatic rings. The lowest BCUT2D eigenvalue weighted by Gasteiger charge is -2.15. The smallest absolute Gasteiger partial charge is 0.0601 e. The van der Waals surface area contributed by atoms with E-state index < -0.39 is 0 Å². The molecule has 0 bridgehead atoms. The molecule has 0 spiro atoms. The molecule has 0 aliphatic carbocycles. The van der Waals surface area contributed by atoms with Gasteiger partial charge in [0.2, 0.25) is 0 Å². The highest BCUT2D eigenvalue weighted by Gasteiger charge is 2.10. The van der Waals surface area contributed by atoms with Crippen molar-refractivity contribution in [2.75, 3.05) is 0 Å². The Hall–Kier alpha value is -0.870. The number of aromatic nitrogens is 2. The fraction of sp³-hybridized carbons (Fsp3) is 0.625. The molecule has 4 heteroatoms. The molecule has 4 nitrogen and oxygen atoms in total. The van der Waals surface area contributed by atoms with Gasteiger partial charge in [-0.05, 0) is 26.8 Å². The van der Waals surface area contributed by atoms with E-state index in [0.29, 0.717) is 6.04 Å². The van der Waals surface area contributed by atoms with Crippen LogP contribution >= 0.6 is 0 Å². The maximum absolute atomic E-state index is 5.34. The van der Waals surface area contributed by atoms with E-state index in [1.54, 1.807) is 6.20 Å². The number of rotatable bonds is 3. The minimum absolute atomic E-state index is 0.148. The molecule has 68 valence electrons. The third kappa shape index (κ3) is 1.65. The first-order valence-electron chi connectivity index (χ1n) is 4.16. The number of nitrogens with zero attached hydrogens (tertiary/aromatic N) is 2. The van der Waals surface area contributed by atoms with Crippen molar-refractivity contribution in [3.05, 3.63) is 18.0 Å². The van der Waals surface area contributed by atoms with Gasteiger partial charge in [0.25, 0.3) is 0 Å². The predicted molar refractivity (Wildman–Crippen MR) is 48.4 cm³/mol. The summed E-state index contributed by atoms with van der Waals surface area (Å²) < 4.78 is 1.96. The Kier molecular flexibility index (Phi) is 2.83. The van der Waals surface area contributed by atoms with E-state index in [1.807, 2.05) is 17.7 Å². The van der Waals surface area contributed by atoms with Crippen LogP contribution < -0.4 is 11.3 Å². The Labute approximate surface area is 72.7 Å². The lowest BCUT2D eigenvalue weighted by atomic mass is 10.2. The summed E-state index contributed by atoms with van der Waals surface area (Å²) in [5.41, 5.74) is 3.82. The third-order valence-corrected chi connectivity index (χ3v) is 1.88. The summed E-state index contributed by atoms with van der Waals surface area (Å²) in [5, 5.41) is 4.21. The maximum atomic E-state index is 5.34. The van der Waals surface area contributed by atoms with E-state index in [4.69, 9.17) is 5.84 Å². The third-order valence-electron chi connectivity index (χ3n) is 1.88. The van der Waals surface area contributed by atoms with Crippen LogP contribution in [0.25, 0.3) is 0 Å². The molecule has 12 heavy (non-hydrogen) atoms. The Morgan fingerprint density at radius 2 is 2.17 bits per heavy atom. The molecule has 1 atom stereocenters. The molecule has 0 radical (unpaired) electrons. The summed E-state index contributed by atoms with van der Waals surface area (Å²) in [6.45, 7) is 6.20. The molecular weight excluding hydrogens is 152 g/mol. The molecular formula is C8H16N4. The van der Waals surface area contributed by atoms with Crippen LogP contribution in [0.2, 0.25) is 0 Å². The van der Waals surface area contributed by atoms with Gasteiger partial charge < -0.3 is 0 Å². The second kappa shape index (κ2) is 3.69. The largest absolute Gasteiger partial charge is 0.271 e. The van der Waals surface area contributed by atoms with Crippen LogP contribution in [0.5, 0.6) is 0 Å². The fourth-order valence-electron chi connectivity index (χ4n) is 1.18. The van der Waals surface area contributed by atoms with Crippen LogP contribution in [0, 0.1) is 0 Å². The Bertz CT molecular complexity index is 241. The zero-order valence-electron chi connectivity index (χ0n) is 7.78. The molecule has 0 amide bonds. The van der Waals surface area contributed by atoms with Gasteiger partial charge in [-0.3, -0.25) is 16.0 Å². The van der Waals surface area contributed by atoms with Gasteiger partial charge >= 0.3 is 0 Å². The lowest BCUT2D eigenvalue weighted by Crippen LogP contribution is -2.28. The lowest BCUT2D eigenvalue weighted by molar-refractivity contribution is 0.465. The summed E-state index contributed by atoms with van der Waals surface area (Å²) >= 11 is 0. The van der Waals surface area contributed by atoms with E-state index in [-0.39, 0.29) is 6.04 Å². The first-order chi connectivity index (χ1) is 5.66. The topological polar surface area (TPSA) is 55.9 Å². The van der Waals surface area contributed by atoms with Crippen molar-refractivity contribution in [1.29, 1.82) is 0 Å². The first-order valence-corrected chi connectivity index (χ1v) is 4.16. The second-order valence-corrected chi connectivity index (χ2v) is 3.18. The SMILES string of the molecule is CC(NN)c1ccnn1C(C)C. The monoisotopic (exact) mass is 168 g/mol. The Morgan fingerprint density at radius 3 is 2.67 bits per heavy atom. The molecule has 0 fully saturated rings. The zero-order valence-corrected chi connectivity index (χ0v) is 7.78. The van der Waals surface area contributed by atoms with E-state index in [2.05, 4.69) is 24.4 Å². The first kappa shape index (κ1) is 9.22. The Morgan fingerprint density at radius 1 is 1.50 bits per heavy atom. The van der Waals surface area contributed by atoms with E-state index >= 15 is 0 Å². The summed E-state index contributed by atoms with van der Waals surface area (Å²) in [7, 11) is 0. The van der Waals surface area contributed by atoms with Crippen molar-refractivity contribution >= 4 is 0 Å². The van der Waals surface area contributed by atoms with Crippen molar-refractivity contribution in [1.82, 2.24) is 15.2 Å². The average molecular weight is 168 g/mol. The molecule has 1 unspecified atom stereocenters.